The molecule has 0 aliphatic carbocycles. The summed E-state index contributed by atoms with van der Waals surface area (Å²) in [6.45, 7) is -0.796. The van der Waals surface area contributed by atoms with Crippen molar-refractivity contribution in [2.75, 3.05) is 18.0 Å². The van der Waals surface area contributed by atoms with Crippen molar-refractivity contribution in [2.24, 2.45) is 0 Å². The van der Waals surface area contributed by atoms with Crippen molar-refractivity contribution in [3.63, 3.8) is 0 Å². The van der Waals surface area contributed by atoms with E-state index in [1.807, 2.05) is 0 Å². The number of hydrogen-bond donors (Lipinski definition) is 2. The van der Waals surface area contributed by atoms with Crippen molar-refractivity contribution in [2.45, 2.75) is 32.4 Å². The molecule has 0 fully saturated rings. The van der Waals surface area contributed by atoms with E-state index in [2.05, 4.69) is 20.3 Å². The number of nitrogens with zero attached hydrogens (tertiary/aromatic N) is 2. The first-order chi connectivity index (χ1) is 12.1. The van der Waals surface area contributed by atoms with E-state index in [1.54, 1.807) is 17.0 Å². The van der Waals surface area contributed by atoms with E-state index < -0.39 is 6.61 Å². The van der Waals surface area contributed by atoms with Gasteiger partial charge in [0.25, 0.3) is 5.91 Å². The first-order valence-corrected chi connectivity index (χ1v) is 8.30. The number of rotatable bonds is 3. The Balaban J connectivity index is 1.64. The molecular formula is C17H18F2N4O2. The van der Waals surface area contributed by atoms with Gasteiger partial charge in [0, 0.05) is 43.0 Å². The van der Waals surface area contributed by atoms with Crippen LogP contribution in [-0.2, 0) is 19.4 Å². The highest BCUT2D eigenvalue weighted by atomic mass is 19.3. The fraction of sp³-hybridized carbons (Fsp3) is 0.412. The molecular weight excluding hydrogens is 330 g/mol. The molecule has 2 N–H and O–H groups in total. The predicted octanol–water partition coefficient (Wildman–Crippen LogP) is 2.25. The molecule has 0 atom stereocenters. The number of halogens is 2. The molecule has 0 saturated carbocycles. The van der Waals surface area contributed by atoms with Gasteiger partial charge in [0.05, 0.1) is 0 Å². The van der Waals surface area contributed by atoms with Crippen LogP contribution in [0.4, 0.5) is 14.5 Å². The van der Waals surface area contributed by atoms with E-state index in [9.17, 15) is 13.6 Å². The minimum Gasteiger partial charge on any atom is -0.435 e. The highest BCUT2D eigenvalue weighted by Gasteiger charge is 2.29. The summed E-state index contributed by atoms with van der Waals surface area (Å²) in [7, 11) is 0. The molecule has 0 saturated heterocycles. The van der Waals surface area contributed by atoms with Crippen molar-refractivity contribution in [1.82, 2.24) is 15.5 Å². The van der Waals surface area contributed by atoms with Crippen molar-refractivity contribution >= 4 is 11.6 Å². The van der Waals surface area contributed by atoms with Crippen LogP contribution in [0.2, 0.25) is 0 Å². The number of hydrogen-bond acceptors (Lipinski definition) is 4. The normalized spacial score (nSPS) is 16.5. The standard InChI is InChI=1S/C17H18F2N4O2/c18-17(19)25-11-3-4-14-10(8-11)2-1-7-23(14)16(24)15-12-9-20-6-5-13(12)21-22-15/h3-4,8,17,20H,1-2,5-7,9H2,(H,21,22). The second-order valence-corrected chi connectivity index (χ2v) is 6.19. The zero-order valence-corrected chi connectivity index (χ0v) is 13.5. The van der Waals surface area contributed by atoms with Gasteiger partial charge >= 0.3 is 6.61 Å². The quantitative estimate of drug-likeness (QED) is 0.893. The maximum Gasteiger partial charge on any atom is 0.387 e. The lowest BCUT2D eigenvalue weighted by Crippen LogP contribution is -2.37. The Morgan fingerprint density at radius 2 is 2.20 bits per heavy atom. The molecule has 0 radical (unpaired) electrons. The molecule has 25 heavy (non-hydrogen) atoms. The molecule has 2 aliphatic heterocycles. The Hall–Kier alpha value is -2.48. The predicted molar refractivity (Wildman–Crippen MR) is 87.1 cm³/mol. The number of amides is 1. The molecule has 3 heterocycles. The average Bonchev–Trinajstić information content (AvgIpc) is 3.04. The first-order valence-electron chi connectivity index (χ1n) is 8.30. The summed E-state index contributed by atoms with van der Waals surface area (Å²) in [6, 6.07) is 4.72. The second kappa shape index (κ2) is 6.44. The van der Waals surface area contributed by atoms with Gasteiger partial charge in [-0.05, 0) is 36.6 Å². The monoisotopic (exact) mass is 348 g/mol. The summed E-state index contributed by atoms with van der Waals surface area (Å²) < 4.78 is 29.3. The van der Waals surface area contributed by atoms with Gasteiger partial charge in [0.2, 0.25) is 0 Å². The molecule has 1 aromatic heterocycles. The van der Waals surface area contributed by atoms with Crippen LogP contribution in [0.1, 0.15) is 33.7 Å². The van der Waals surface area contributed by atoms with Crippen LogP contribution in [-0.4, -0.2) is 35.8 Å². The van der Waals surface area contributed by atoms with Gasteiger partial charge in [-0.3, -0.25) is 9.89 Å². The largest absolute Gasteiger partial charge is 0.435 e. The Labute approximate surface area is 143 Å². The van der Waals surface area contributed by atoms with E-state index in [0.29, 0.717) is 18.8 Å². The number of fused-ring (bicyclic) bond motifs is 2. The maximum atomic E-state index is 13.0. The van der Waals surface area contributed by atoms with Gasteiger partial charge in [-0.1, -0.05) is 0 Å². The third kappa shape index (κ3) is 2.97. The zero-order valence-electron chi connectivity index (χ0n) is 13.5. The number of ether oxygens (including phenoxy) is 1. The van der Waals surface area contributed by atoms with Gasteiger partial charge in [0.1, 0.15) is 5.75 Å². The van der Waals surface area contributed by atoms with Crippen LogP contribution in [0.25, 0.3) is 0 Å². The van der Waals surface area contributed by atoms with Crippen molar-refractivity contribution in [3.05, 3.63) is 40.7 Å². The maximum absolute atomic E-state index is 13.0. The lowest BCUT2D eigenvalue weighted by atomic mass is 10.00. The summed E-state index contributed by atoms with van der Waals surface area (Å²) in [5, 5.41) is 10.4. The minimum absolute atomic E-state index is 0.115. The Morgan fingerprint density at radius 3 is 3.04 bits per heavy atom. The number of benzene rings is 1. The van der Waals surface area contributed by atoms with Crippen LogP contribution in [0, 0.1) is 0 Å². The number of alkyl halides is 2. The van der Waals surface area contributed by atoms with Crippen LogP contribution >= 0.6 is 0 Å². The molecule has 6 nitrogen and oxygen atoms in total. The van der Waals surface area contributed by atoms with Crippen LogP contribution in [0.3, 0.4) is 0 Å². The van der Waals surface area contributed by atoms with Crippen LogP contribution in [0.5, 0.6) is 5.75 Å². The fourth-order valence-electron chi connectivity index (χ4n) is 3.49. The van der Waals surface area contributed by atoms with E-state index in [4.69, 9.17) is 0 Å². The Morgan fingerprint density at radius 1 is 1.32 bits per heavy atom. The zero-order chi connectivity index (χ0) is 17.4. The van der Waals surface area contributed by atoms with Gasteiger partial charge in [-0.15, -0.1) is 0 Å². The summed E-state index contributed by atoms with van der Waals surface area (Å²) in [6.07, 6.45) is 2.31. The molecule has 0 unspecified atom stereocenters. The van der Waals surface area contributed by atoms with Crippen molar-refractivity contribution in [3.8, 4) is 5.75 Å². The summed E-state index contributed by atoms with van der Waals surface area (Å²) in [5.41, 5.74) is 3.92. The van der Waals surface area contributed by atoms with E-state index in [-0.39, 0.29) is 11.7 Å². The van der Waals surface area contributed by atoms with Gasteiger partial charge in [0.15, 0.2) is 5.69 Å². The van der Waals surface area contributed by atoms with Gasteiger partial charge in [-0.25, -0.2) is 0 Å². The average molecular weight is 348 g/mol. The highest BCUT2D eigenvalue weighted by Crippen LogP contribution is 2.32. The Kier molecular flexibility index (Phi) is 4.12. The molecule has 2 aromatic rings. The molecule has 1 amide bonds. The SMILES string of the molecule is O=C(c1n[nH]c2c1CNCC2)N1CCCc2cc(OC(F)F)ccc21. The molecule has 4 rings (SSSR count). The minimum atomic E-state index is -2.86. The third-order valence-corrected chi connectivity index (χ3v) is 4.65. The number of carbonyl (C=O) groups is 1. The summed E-state index contributed by atoms with van der Waals surface area (Å²) in [5.74, 6) is -0.0472. The number of aryl methyl sites for hydroxylation is 1. The van der Waals surface area contributed by atoms with Gasteiger partial charge < -0.3 is 15.0 Å². The molecule has 132 valence electrons. The third-order valence-electron chi connectivity index (χ3n) is 4.65. The molecule has 2 aliphatic rings. The number of nitrogens with one attached hydrogen (secondary N) is 2. The molecule has 0 bridgehead atoms. The number of anilines is 1. The van der Waals surface area contributed by atoms with E-state index in [0.717, 1.165) is 48.3 Å². The number of aromatic amines is 1. The second-order valence-electron chi connectivity index (χ2n) is 6.19. The van der Waals surface area contributed by atoms with E-state index in [1.165, 1.54) is 6.07 Å². The summed E-state index contributed by atoms with van der Waals surface area (Å²) >= 11 is 0. The fourth-order valence-corrected chi connectivity index (χ4v) is 3.49. The molecule has 1 aromatic carbocycles. The lowest BCUT2D eigenvalue weighted by Gasteiger charge is -2.29. The van der Waals surface area contributed by atoms with E-state index >= 15 is 0 Å². The Bertz CT molecular complexity index is 806. The lowest BCUT2D eigenvalue weighted by molar-refractivity contribution is -0.0498. The first kappa shape index (κ1) is 16.0. The topological polar surface area (TPSA) is 70.2 Å². The smallest absolute Gasteiger partial charge is 0.387 e. The molecule has 8 heteroatoms. The molecule has 0 spiro atoms. The number of aromatic nitrogens is 2. The van der Waals surface area contributed by atoms with Crippen LogP contribution < -0.4 is 15.0 Å². The number of carbonyl (C=O) groups excluding carboxylic acids is 1. The number of H-pyrrole nitrogens is 1. The van der Waals surface area contributed by atoms with Crippen molar-refractivity contribution < 1.29 is 18.3 Å². The van der Waals surface area contributed by atoms with Crippen LogP contribution in [0.15, 0.2) is 18.2 Å². The highest BCUT2D eigenvalue weighted by molar-refractivity contribution is 6.06. The van der Waals surface area contributed by atoms with Gasteiger partial charge in [-0.2, -0.15) is 13.9 Å². The van der Waals surface area contributed by atoms with Crippen molar-refractivity contribution in [1.29, 1.82) is 0 Å². The summed E-state index contributed by atoms with van der Waals surface area (Å²) in [4.78, 5) is 14.7.